The van der Waals surface area contributed by atoms with Gasteiger partial charge in [0.1, 0.15) is 0 Å². The van der Waals surface area contributed by atoms with Crippen LogP contribution in [0.15, 0.2) is 22.8 Å². The van der Waals surface area contributed by atoms with Crippen LogP contribution in [0.5, 0.6) is 0 Å². The molecule has 3 saturated heterocycles. The van der Waals surface area contributed by atoms with E-state index in [9.17, 15) is 4.79 Å². The summed E-state index contributed by atoms with van der Waals surface area (Å²) < 4.78 is 5.20. The lowest BCUT2D eigenvalue weighted by molar-refractivity contribution is 0.0710. The minimum atomic E-state index is 0.0437. The van der Waals surface area contributed by atoms with Crippen LogP contribution in [0.2, 0.25) is 0 Å². The van der Waals surface area contributed by atoms with Gasteiger partial charge in [-0.25, -0.2) is 0 Å². The molecule has 2 atom stereocenters. The molecular formula is C13H18N2O2. The molecule has 4 rings (SSSR count). The lowest BCUT2D eigenvalue weighted by Gasteiger charge is -2.32. The van der Waals surface area contributed by atoms with Crippen molar-refractivity contribution in [3.8, 4) is 0 Å². The summed E-state index contributed by atoms with van der Waals surface area (Å²) in [6, 6.07) is 4.04. The maximum atomic E-state index is 12.3. The molecule has 3 fully saturated rings. The second kappa shape index (κ2) is 4.18. The third-order valence-corrected chi connectivity index (χ3v) is 4.01. The molecule has 17 heavy (non-hydrogen) atoms. The first-order valence-electron chi connectivity index (χ1n) is 6.27. The summed E-state index contributed by atoms with van der Waals surface area (Å²) >= 11 is 0. The van der Waals surface area contributed by atoms with E-state index in [4.69, 9.17) is 4.42 Å². The highest BCUT2D eigenvalue weighted by Gasteiger charge is 2.35. The van der Waals surface area contributed by atoms with Gasteiger partial charge < -0.3 is 14.2 Å². The Morgan fingerprint density at radius 2 is 2.24 bits per heavy atom. The van der Waals surface area contributed by atoms with Crippen molar-refractivity contribution in [3.05, 3.63) is 24.2 Å². The third-order valence-electron chi connectivity index (χ3n) is 4.01. The van der Waals surface area contributed by atoms with E-state index in [0.717, 1.165) is 19.6 Å². The number of likely N-dealkylation sites (N-methyl/N-ethyl adjacent to an activating group) is 1. The maximum Gasteiger partial charge on any atom is 0.289 e. The van der Waals surface area contributed by atoms with Crippen molar-refractivity contribution in [1.82, 2.24) is 9.80 Å². The molecule has 92 valence electrons. The molecule has 1 aromatic rings. The molecule has 4 heterocycles. The summed E-state index contributed by atoms with van der Waals surface area (Å²) in [5.74, 6) is 1.13. The van der Waals surface area contributed by atoms with Gasteiger partial charge in [-0.2, -0.15) is 0 Å². The highest BCUT2D eigenvalue weighted by Crippen LogP contribution is 2.27. The molecule has 2 unspecified atom stereocenters. The number of furan rings is 1. The van der Waals surface area contributed by atoms with Crippen LogP contribution in [0.1, 0.15) is 23.4 Å². The van der Waals surface area contributed by atoms with E-state index >= 15 is 0 Å². The maximum absolute atomic E-state index is 12.3. The first kappa shape index (κ1) is 10.8. The van der Waals surface area contributed by atoms with Gasteiger partial charge in [-0.3, -0.25) is 4.79 Å². The second-order valence-corrected chi connectivity index (χ2v) is 5.22. The van der Waals surface area contributed by atoms with Crippen LogP contribution in [0.3, 0.4) is 0 Å². The van der Waals surface area contributed by atoms with Gasteiger partial charge >= 0.3 is 0 Å². The zero-order valence-corrected chi connectivity index (χ0v) is 10.1. The standard InChI is InChI=1S/C13H18N2O2/c1-14-7-10-4-5-11(14)9-15(8-10)13(16)12-3-2-6-17-12/h2-3,6,10-11H,4-5,7-9H2,1H3. The first-order valence-corrected chi connectivity index (χ1v) is 6.27. The van der Waals surface area contributed by atoms with Gasteiger partial charge in [-0.1, -0.05) is 0 Å². The number of amides is 1. The number of hydrogen-bond acceptors (Lipinski definition) is 3. The van der Waals surface area contributed by atoms with E-state index in [-0.39, 0.29) is 5.91 Å². The Kier molecular flexibility index (Phi) is 2.67. The number of nitrogens with zero attached hydrogens (tertiary/aromatic N) is 2. The lowest BCUT2D eigenvalue weighted by atomic mass is 9.96. The van der Waals surface area contributed by atoms with Gasteiger partial charge in [-0.05, 0) is 37.9 Å². The third kappa shape index (κ3) is 1.97. The minimum absolute atomic E-state index is 0.0437. The molecule has 4 heteroatoms. The molecule has 1 aromatic heterocycles. The number of carbonyl (C=O) groups is 1. The normalized spacial score (nSPS) is 29.4. The fourth-order valence-corrected chi connectivity index (χ4v) is 3.04. The molecule has 3 aliphatic heterocycles. The number of fused-ring (bicyclic) bond motifs is 4. The van der Waals surface area contributed by atoms with Crippen LogP contribution in [0.25, 0.3) is 0 Å². The van der Waals surface area contributed by atoms with E-state index in [1.807, 2.05) is 4.90 Å². The Morgan fingerprint density at radius 1 is 1.35 bits per heavy atom. The van der Waals surface area contributed by atoms with Gasteiger partial charge in [0.15, 0.2) is 5.76 Å². The highest BCUT2D eigenvalue weighted by molar-refractivity contribution is 5.91. The summed E-state index contributed by atoms with van der Waals surface area (Å²) in [7, 11) is 2.16. The zero-order chi connectivity index (χ0) is 11.8. The Bertz CT molecular complexity index is 402. The van der Waals surface area contributed by atoms with Crippen LogP contribution in [-0.4, -0.2) is 48.4 Å². The van der Waals surface area contributed by atoms with Gasteiger partial charge in [0, 0.05) is 25.7 Å². The van der Waals surface area contributed by atoms with Crippen molar-refractivity contribution in [3.63, 3.8) is 0 Å². The average molecular weight is 234 g/mol. The van der Waals surface area contributed by atoms with Crippen molar-refractivity contribution in [2.45, 2.75) is 18.9 Å². The molecular weight excluding hydrogens is 216 g/mol. The average Bonchev–Trinajstić information content (AvgIpc) is 2.71. The Hall–Kier alpha value is -1.29. The first-order chi connectivity index (χ1) is 8.24. The van der Waals surface area contributed by atoms with Crippen molar-refractivity contribution in [2.75, 3.05) is 26.7 Å². The monoisotopic (exact) mass is 234 g/mol. The Morgan fingerprint density at radius 3 is 2.94 bits per heavy atom. The SMILES string of the molecule is CN1CC2CCC1CN(C(=O)c1ccco1)C2. The van der Waals surface area contributed by atoms with E-state index < -0.39 is 0 Å². The van der Waals surface area contributed by atoms with Crippen molar-refractivity contribution < 1.29 is 9.21 Å². The fraction of sp³-hybridized carbons (Fsp3) is 0.615. The highest BCUT2D eigenvalue weighted by atomic mass is 16.3. The smallest absolute Gasteiger partial charge is 0.289 e. The van der Waals surface area contributed by atoms with Gasteiger partial charge in [0.05, 0.1) is 6.26 Å². The molecule has 0 spiro atoms. The summed E-state index contributed by atoms with van der Waals surface area (Å²) in [5, 5.41) is 0. The zero-order valence-electron chi connectivity index (χ0n) is 10.1. The van der Waals surface area contributed by atoms with Crippen LogP contribution < -0.4 is 0 Å². The second-order valence-electron chi connectivity index (χ2n) is 5.22. The number of rotatable bonds is 1. The predicted octanol–water partition coefficient (Wildman–Crippen LogP) is 1.45. The van der Waals surface area contributed by atoms with Crippen molar-refractivity contribution >= 4 is 5.91 Å². The Balaban J connectivity index is 1.79. The van der Waals surface area contributed by atoms with E-state index in [0.29, 0.717) is 17.7 Å². The van der Waals surface area contributed by atoms with Gasteiger partial charge in [-0.15, -0.1) is 0 Å². The largest absolute Gasteiger partial charge is 0.459 e. The molecule has 0 aliphatic carbocycles. The molecule has 0 saturated carbocycles. The number of carbonyl (C=O) groups excluding carboxylic acids is 1. The molecule has 3 aliphatic rings. The van der Waals surface area contributed by atoms with Crippen LogP contribution in [0, 0.1) is 5.92 Å². The number of piperidine rings is 1. The number of hydrogen-bond donors (Lipinski definition) is 0. The van der Waals surface area contributed by atoms with E-state index in [2.05, 4.69) is 11.9 Å². The molecule has 0 radical (unpaired) electrons. The van der Waals surface area contributed by atoms with Crippen molar-refractivity contribution in [2.24, 2.45) is 5.92 Å². The van der Waals surface area contributed by atoms with Crippen LogP contribution in [-0.2, 0) is 0 Å². The summed E-state index contributed by atoms with van der Waals surface area (Å²) in [4.78, 5) is 16.6. The summed E-state index contributed by atoms with van der Waals surface area (Å²) in [5.41, 5.74) is 0. The molecule has 2 bridgehead atoms. The van der Waals surface area contributed by atoms with Crippen LogP contribution in [0.4, 0.5) is 0 Å². The molecule has 0 N–H and O–H groups in total. The molecule has 1 amide bonds. The van der Waals surface area contributed by atoms with Crippen molar-refractivity contribution in [1.29, 1.82) is 0 Å². The lowest BCUT2D eigenvalue weighted by Crippen LogP contribution is -2.41. The summed E-state index contributed by atoms with van der Waals surface area (Å²) in [6.45, 7) is 2.83. The van der Waals surface area contributed by atoms with Gasteiger partial charge in [0.25, 0.3) is 5.91 Å². The van der Waals surface area contributed by atoms with Crippen LogP contribution >= 0.6 is 0 Å². The molecule has 4 nitrogen and oxygen atoms in total. The van der Waals surface area contributed by atoms with E-state index in [1.54, 1.807) is 18.4 Å². The predicted molar refractivity (Wildman–Crippen MR) is 63.8 cm³/mol. The minimum Gasteiger partial charge on any atom is -0.459 e. The fourth-order valence-electron chi connectivity index (χ4n) is 3.04. The quantitative estimate of drug-likeness (QED) is 0.738. The van der Waals surface area contributed by atoms with Gasteiger partial charge in [0.2, 0.25) is 0 Å². The summed E-state index contributed by atoms with van der Waals surface area (Å²) in [6.07, 6.45) is 4.02. The van der Waals surface area contributed by atoms with E-state index in [1.165, 1.54) is 12.8 Å². The Labute approximate surface area is 101 Å². The molecule has 0 aromatic carbocycles. The topological polar surface area (TPSA) is 36.7 Å².